The number of aliphatic hydroxyl groups is 1. The Bertz CT molecular complexity index is 952. The fourth-order valence-electron chi connectivity index (χ4n) is 3.53. The van der Waals surface area contributed by atoms with E-state index in [1.165, 1.54) is 4.90 Å². The molecule has 1 aliphatic rings. The Morgan fingerprint density at radius 3 is 2.57 bits per heavy atom. The number of benzene rings is 2. The zero-order valence-corrected chi connectivity index (χ0v) is 16.2. The third-order valence-corrected chi connectivity index (χ3v) is 4.94. The van der Waals surface area contributed by atoms with Gasteiger partial charge in [0, 0.05) is 11.1 Å². The van der Waals surface area contributed by atoms with Crippen molar-refractivity contribution >= 4 is 23.3 Å². The van der Waals surface area contributed by atoms with Crippen LogP contribution in [-0.4, -0.2) is 35.9 Å². The number of carbonyl (C=O) groups excluding carboxylic acids is 3. The second-order valence-corrected chi connectivity index (χ2v) is 6.99. The summed E-state index contributed by atoms with van der Waals surface area (Å²) in [5, 5.41) is 11.3. The summed E-state index contributed by atoms with van der Waals surface area (Å²) in [7, 11) is 0. The van der Waals surface area contributed by atoms with E-state index in [2.05, 4.69) is 0 Å². The van der Waals surface area contributed by atoms with Crippen LogP contribution in [0, 0.1) is 13.8 Å². The lowest BCUT2D eigenvalue weighted by molar-refractivity contribution is -0.144. The van der Waals surface area contributed by atoms with Crippen molar-refractivity contribution in [1.82, 2.24) is 0 Å². The predicted molar refractivity (Wildman–Crippen MR) is 104 cm³/mol. The minimum atomic E-state index is -2.02. The quantitative estimate of drug-likeness (QED) is 0.614. The van der Waals surface area contributed by atoms with Gasteiger partial charge in [-0.25, -0.2) is 0 Å². The summed E-state index contributed by atoms with van der Waals surface area (Å²) < 4.78 is 4.93. The van der Waals surface area contributed by atoms with Gasteiger partial charge < -0.3 is 9.84 Å². The molecule has 1 atom stereocenters. The highest BCUT2D eigenvalue weighted by atomic mass is 16.5. The van der Waals surface area contributed by atoms with Crippen LogP contribution in [0.15, 0.2) is 42.5 Å². The fourth-order valence-corrected chi connectivity index (χ4v) is 3.53. The van der Waals surface area contributed by atoms with E-state index in [0.29, 0.717) is 16.8 Å². The van der Waals surface area contributed by atoms with Crippen LogP contribution in [0.5, 0.6) is 0 Å². The average Bonchev–Trinajstić information content (AvgIpc) is 2.86. The molecule has 1 N–H and O–H groups in total. The van der Waals surface area contributed by atoms with Gasteiger partial charge in [-0.1, -0.05) is 35.9 Å². The van der Waals surface area contributed by atoms with E-state index in [4.69, 9.17) is 4.74 Å². The normalized spacial score (nSPS) is 18.1. The molecule has 0 aromatic heterocycles. The molecule has 2 aromatic rings. The molecule has 0 bridgehead atoms. The highest BCUT2D eigenvalue weighted by molar-refractivity contribution is 6.12. The van der Waals surface area contributed by atoms with Crippen molar-refractivity contribution in [2.75, 3.05) is 18.1 Å². The van der Waals surface area contributed by atoms with Crippen LogP contribution in [0.1, 0.15) is 40.4 Å². The lowest BCUT2D eigenvalue weighted by Crippen LogP contribution is -2.44. The number of ketones is 1. The largest absolute Gasteiger partial charge is 0.465 e. The molecule has 28 heavy (non-hydrogen) atoms. The number of rotatable bonds is 6. The molecule has 1 aliphatic heterocycles. The van der Waals surface area contributed by atoms with Gasteiger partial charge in [0.05, 0.1) is 18.7 Å². The van der Waals surface area contributed by atoms with E-state index in [1.54, 1.807) is 37.3 Å². The molecule has 0 radical (unpaired) electrons. The van der Waals surface area contributed by atoms with Gasteiger partial charge in [-0.2, -0.15) is 0 Å². The minimum absolute atomic E-state index is 0.192. The van der Waals surface area contributed by atoms with Gasteiger partial charge in [0.1, 0.15) is 6.54 Å². The van der Waals surface area contributed by atoms with Crippen molar-refractivity contribution in [3.05, 3.63) is 64.7 Å². The first-order chi connectivity index (χ1) is 13.3. The number of Topliss-reactive ketones (excluding diaryl/α,β-unsaturated/α-hetero) is 1. The Kier molecular flexibility index (Phi) is 5.34. The molecule has 1 heterocycles. The molecule has 3 rings (SSSR count). The Morgan fingerprint density at radius 2 is 1.86 bits per heavy atom. The number of esters is 1. The van der Waals surface area contributed by atoms with E-state index in [1.807, 2.05) is 26.0 Å². The monoisotopic (exact) mass is 381 g/mol. The van der Waals surface area contributed by atoms with Crippen molar-refractivity contribution in [2.24, 2.45) is 0 Å². The van der Waals surface area contributed by atoms with Crippen LogP contribution in [0.2, 0.25) is 0 Å². The molecule has 0 fully saturated rings. The van der Waals surface area contributed by atoms with Crippen molar-refractivity contribution in [2.45, 2.75) is 32.8 Å². The second kappa shape index (κ2) is 7.56. The summed E-state index contributed by atoms with van der Waals surface area (Å²) >= 11 is 0. The zero-order valence-electron chi connectivity index (χ0n) is 16.2. The van der Waals surface area contributed by atoms with E-state index >= 15 is 0 Å². The van der Waals surface area contributed by atoms with Crippen LogP contribution in [0.4, 0.5) is 5.69 Å². The van der Waals surface area contributed by atoms with Gasteiger partial charge in [0.15, 0.2) is 11.4 Å². The highest BCUT2D eigenvalue weighted by Crippen LogP contribution is 2.42. The SMILES string of the molecule is CCOC(=O)CN1C(=O)C(O)(CC(=O)c2cc(C)ccc2C)c2ccccc21. The highest BCUT2D eigenvalue weighted by Gasteiger charge is 2.51. The maximum Gasteiger partial charge on any atom is 0.326 e. The molecule has 1 amide bonds. The summed E-state index contributed by atoms with van der Waals surface area (Å²) in [5.74, 6) is -1.60. The maximum absolute atomic E-state index is 13.1. The third-order valence-electron chi connectivity index (χ3n) is 4.94. The summed E-state index contributed by atoms with van der Waals surface area (Å²) in [6, 6.07) is 12.1. The summed E-state index contributed by atoms with van der Waals surface area (Å²) in [4.78, 5) is 39.1. The van der Waals surface area contributed by atoms with E-state index < -0.39 is 23.9 Å². The van der Waals surface area contributed by atoms with Gasteiger partial charge in [-0.15, -0.1) is 0 Å². The molecule has 1 unspecified atom stereocenters. The number of ether oxygens (including phenoxy) is 1. The minimum Gasteiger partial charge on any atom is -0.465 e. The number of carbonyl (C=O) groups is 3. The molecule has 6 heteroatoms. The average molecular weight is 381 g/mol. The van der Waals surface area contributed by atoms with Crippen LogP contribution in [0.25, 0.3) is 0 Å². The Balaban J connectivity index is 1.96. The zero-order chi connectivity index (χ0) is 20.5. The molecule has 2 aromatic carbocycles. The summed E-state index contributed by atoms with van der Waals surface area (Å²) in [6.07, 6.45) is -0.396. The van der Waals surface area contributed by atoms with Crippen molar-refractivity contribution in [1.29, 1.82) is 0 Å². The predicted octanol–water partition coefficient (Wildman–Crippen LogP) is 2.67. The first kappa shape index (κ1) is 19.8. The van der Waals surface area contributed by atoms with Gasteiger partial charge in [0.25, 0.3) is 5.91 Å². The molecule has 0 saturated heterocycles. The van der Waals surface area contributed by atoms with Gasteiger partial charge in [0.2, 0.25) is 0 Å². The molecular weight excluding hydrogens is 358 g/mol. The summed E-state index contributed by atoms with van der Waals surface area (Å²) in [5.41, 5.74) is 0.891. The maximum atomic E-state index is 13.1. The molecule has 0 aliphatic carbocycles. The van der Waals surface area contributed by atoms with Crippen molar-refractivity contribution < 1.29 is 24.2 Å². The molecule has 146 valence electrons. The lowest BCUT2D eigenvalue weighted by Gasteiger charge is -2.22. The van der Waals surface area contributed by atoms with E-state index in [0.717, 1.165) is 11.1 Å². The third kappa shape index (κ3) is 3.43. The van der Waals surface area contributed by atoms with E-state index in [9.17, 15) is 19.5 Å². The van der Waals surface area contributed by atoms with E-state index in [-0.39, 0.29) is 18.9 Å². The number of para-hydroxylation sites is 1. The number of amides is 1. The van der Waals surface area contributed by atoms with Crippen LogP contribution < -0.4 is 4.90 Å². The van der Waals surface area contributed by atoms with Crippen LogP contribution >= 0.6 is 0 Å². The first-order valence-electron chi connectivity index (χ1n) is 9.18. The number of aryl methyl sites for hydroxylation is 2. The number of nitrogens with zero attached hydrogens (tertiary/aromatic N) is 1. The second-order valence-electron chi connectivity index (χ2n) is 6.99. The molecule has 6 nitrogen and oxygen atoms in total. The van der Waals surface area contributed by atoms with Gasteiger partial charge in [-0.3, -0.25) is 19.3 Å². The molecular formula is C22H23NO5. The molecule has 0 spiro atoms. The standard InChI is InChI=1S/C22H23NO5/c1-4-28-20(25)13-23-18-8-6-5-7-17(18)22(27,21(23)26)12-19(24)16-11-14(2)9-10-15(16)3/h5-11,27H,4,12-13H2,1-3H3. The number of hydrogen-bond acceptors (Lipinski definition) is 5. The van der Waals surface area contributed by atoms with Gasteiger partial charge in [-0.05, 0) is 38.5 Å². The smallest absolute Gasteiger partial charge is 0.326 e. The number of hydrogen-bond donors (Lipinski definition) is 1. The Morgan fingerprint density at radius 1 is 1.14 bits per heavy atom. The summed E-state index contributed by atoms with van der Waals surface area (Å²) in [6.45, 7) is 5.24. The lowest BCUT2D eigenvalue weighted by atomic mass is 9.87. The molecule has 0 saturated carbocycles. The Hall–Kier alpha value is -2.99. The number of fused-ring (bicyclic) bond motifs is 1. The van der Waals surface area contributed by atoms with Crippen molar-refractivity contribution in [3.8, 4) is 0 Å². The van der Waals surface area contributed by atoms with Crippen LogP contribution in [-0.2, 0) is 19.9 Å². The van der Waals surface area contributed by atoms with Crippen molar-refractivity contribution in [3.63, 3.8) is 0 Å². The topological polar surface area (TPSA) is 83.9 Å². The Labute approximate surface area is 163 Å². The first-order valence-corrected chi connectivity index (χ1v) is 9.18. The van der Waals surface area contributed by atoms with Gasteiger partial charge >= 0.3 is 5.97 Å². The number of anilines is 1. The van der Waals surface area contributed by atoms with Crippen LogP contribution in [0.3, 0.4) is 0 Å². The fraction of sp³-hybridized carbons (Fsp3) is 0.318.